The molecule has 0 unspecified atom stereocenters. The summed E-state index contributed by atoms with van der Waals surface area (Å²) in [5.74, 6) is 1.97. The maximum Gasteiger partial charge on any atom is 0.164 e. The molecule has 7 aromatic carbocycles. The van der Waals surface area contributed by atoms with Crippen LogP contribution in [0.5, 0.6) is 0 Å². The van der Waals surface area contributed by atoms with Crippen LogP contribution in [0.2, 0.25) is 0 Å². The molecule has 10 rings (SSSR count). The summed E-state index contributed by atoms with van der Waals surface area (Å²) in [7, 11) is 0. The number of rotatable bonds is 4. The van der Waals surface area contributed by atoms with Crippen molar-refractivity contribution in [1.29, 1.82) is 0 Å². The van der Waals surface area contributed by atoms with Crippen molar-refractivity contribution in [2.75, 3.05) is 4.90 Å². The normalized spacial score (nSPS) is 12.1. The Morgan fingerprint density at radius 2 is 0.979 bits per heavy atom. The van der Waals surface area contributed by atoms with Crippen LogP contribution >= 0.6 is 11.3 Å². The molecule has 0 saturated carbocycles. The number of hydrogen-bond acceptors (Lipinski definition) is 5. The number of fused-ring (bicyclic) bond motifs is 6. The molecule has 0 atom stereocenters. The van der Waals surface area contributed by atoms with Gasteiger partial charge in [-0.1, -0.05) is 121 Å². The second-order valence-corrected chi connectivity index (χ2v) is 13.1. The van der Waals surface area contributed by atoms with Gasteiger partial charge in [-0.05, 0) is 47.3 Å². The summed E-state index contributed by atoms with van der Waals surface area (Å²) in [6.45, 7) is 0. The molecule has 2 aromatic heterocycles. The quantitative estimate of drug-likeness (QED) is 0.194. The molecular formula is C43H26N4S. The first kappa shape index (κ1) is 27.0. The van der Waals surface area contributed by atoms with Crippen LogP contribution in [0.25, 0.3) is 76.2 Å². The summed E-state index contributed by atoms with van der Waals surface area (Å²) >= 11 is 1.86. The summed E-state index contributed by atoms with van der Waals surface area (Å²) < 4.78 is 2.58. The van der Waals surface area contributed by atoms with E-state index in [-0.39, 0.29) is 0 Å². The van der Waals surface area contributed by atoms with Crippen molar-refractivity contribution in [2.45, 2.75) is 0 Å². The van der Waals surface area contributed by atoms with Gasteiger partial charge >= 0.3 is 0 Å². The van der Waals surface area contributed by atoms with E-state index in [1.54, 1.807) is 0 Å². The third-order valence-electron chi connectivity index (χ3n) is 9.24. The van der Waals surface area contributed by atoms with Crippen molar-refractivity contribution in [3.63, 3.8) is 0 Å². The van der Waals surface area contributed by atoms with Gasteiger partial charge in [-0.25, -0.2) is 15.0 Å². The number of para-hydroxylation sites is 1. The van der Waals surface area contributed by atoms with E-state index in [9.17, 15) is 0 Å². The van der Waals surface area contributed by atoms with Gasteiger partial charge in [0.05, 0.1) is 11.4 Å². The Labute approximate surface area is 281 Å². The van der Waals surface area contributed by atoms with Gasteiger partial charge in [-0.15, -0.1) is 11.3 Å². The highest BCUT2D eigenvalue weighted by molar-refractivity contribution is 7.26. The Morgan fingerprint density at radius 3 is 1.71 bits per heavy atom. The maximum atomic E-state index is 5.11. The molecular weight excluding hydrogens is 605 g/mol. The van der Waals surface area contributed by atoms with Crippen LogP contribution in [0.4, 0.5) is 17.1 Å². The van der Waals surface area contributed by atoms with Crippen molar-refractivity contribution in [2.24, 2.45) is 0 Å². The van der Waals surface area contributed by atoms with Gasteiger partial charge in [0, 0.05) is 53.5 Å². The lowest BCUT2D eigenvalue weighted by Gasteiger charge is -2.34. The second kappa shape index (κ2) is 10.7. The Kier molecular flexibility index (Phi) is 6.01. The predicted molar refractivity (Wildman–Crippen MR) is 200 cm³/mol. The molecule has 0 saturated heterocycles. The van der Waals surface area contributed by atoms with Gasteiger partial charge < -0.3 is 4.90 Å². The number of hydrogen-bond donors (Lipinski definition) is 0. The van der Waals surface area contributed by atoms with Crippen LogP contribution in [-0.2, 0) is 0 Å². The van der Waals surface area contributed by atoms with E-state index in [0.717, 1.165) is 33.5 Å². The number of benzene rings is 7. The minimum atomic E-state index is 0.655. The van der Waals surface area contributed by atoms with E-state index < -0.39 is 0 Å². The van der Waals surface area contributed by atoms with E-state index in [2.05, 4.69) is 126 Å². The van der Waals surface area contributed by atoms with Crippen LogP contribution in [-0.4, -0.2) is 15.0 Å². The molecule has 0 bridgehead atoms. The van der Waals surface area contributed by atoms with Crippen LogP contribution in [0.1, 0.15) is 0 Å². The fourth-order valence-electron chi connectivity index (χ4n) is 7.14. The first-order chi connectivity index (χ1) is 23.8. The molecule has 48 heavy (non-hydrogen) atoms. The largest absolute Gasteiger partial charge is 0.309 e. The molecule has 0 spiro atoms. The Morgan fingerprint density at radius 1 is 0.396 bits per heavy atom. The van der Waals surface area contributed by atoms with Crippen molar-refractivity contribution < 1.29 is 0 Å². The van der Waals surface area contributed by atoms with E-state index >= 15 is 0 Å². The second-order valence-electron chi connectivity index (χ2n) is 12.0. The zero-order valence-electron chi connectivity index (χ0n) is 25.7. The van der Waals surface area contributed by atoms with E-state index in [1.165, 1.54) is 42.4 Å². The van der Waals surface area contributed by atoms with E-state index in [1.807, 2.05) is 47.7 Å². The molecule has 0 N–H and O–H groups in total. The van der Waals surface area contributed by atoms with Gasteiger partial charge in [0.15, 0.2) is 17.5 Å². The van der Waals surface area contributed by atoms with Gasteiger partial charge in [-0.3, -0.25) is 0 Å². The molecule has 0 fully saturated rings. The molecule has 0 amide bonds. The average molecular weight is 631 g/mol. The standard InChI is InChI=1S/C43H26N4S/c1-4-13-27(14-5-1)41-44-42(28-15-6-2-7-16-28)46-43(45-41)33-24-23-31-32-25-26-37-39(34-19-10-11-22-36(34)48-37)40(32)47(29-17-8-3-9-18-29)35-21-12-20-30(33)38(31)35/h1-26H. The highest BCUT2D eigenvalue weighted by atomic mass is 32.1. The summed E-state index contributed by atoms with van der Waals surface area (Å²) in [4.78, 5) is 17.6. The summed E-state index contributed by atoms with van der Waals surface area (Å²) in [6, 6.07) is 55.5. The van der Waals surface area contributed by atoms with Crippen molar-refractivity contribution >= 4 is 59.3 Å². The molecule has 3 heterocycles. The third-order valence-corrected chi connectivity index (χ3v) is 10.4. The fraction of sp³-hybridized carbons (Fsp3) is 0. The number of anilines is 3. The topological polar surface area (TPSA) is 41.9 Å². The zero-order chi connectivity index (χ0) is 31.6. The average Bonchev–Trinajstić information content (AvgIpc) is 3.55. The van der Waals surface area contributed by atoms with Crippen molar-refractivity contribution in [3.05, 3.63) is 158 Å². The number of aromatic nitrogens is 3. The SMILES string of the molecule is c1ccc(-c2nc(-c3ccccc3)nc(-c3ccc4c5c(cccc35)N(c3ccccc3)c3c-4ccc4sc5ccccc5c34)n2)cc1. The molecule has 224 valence electrons. The lowest BCUT2D eigenvalue weighted by Crippen LogP contribution is -2.15. The van der Waals surface area contributed by atoms with E-state index in [0.29, 0.717) is 17.5 Å². The Hall–Kier alpha value is -6.17. The maximum absolute atomic E-state index is 5.11. The first-order valence-corrected chi connectivity index (χ1v) is 16.9. The summed E-state index contributed by atoms with van der Waals surface area (Å²) in [5.41, 5.74) is 8.82. The number of thiophene rings is 1. The minimum Gasteiger partial charge on any atom is -0.309 e. The van der Waals surface area contributed by atoms with Crippen LogP contribution in [0.3, 0.4) is 0 Å². The van der Waals surface area contributed by atoms with Gasteiger partial charge in [0.2, 0.25) is 0 Å². The van der Waals surface area contributed by atoms with Gasteiger partial charge in [0.1, 0.15) is 0 Å². The van der Waals surface area contributed by atoms with Crippen LogP contribution in [0.15, 0.2) is 158 Å². The van der Waals surface area contributed by atoms with Crippen molar-refractivity contribution in [3.8, 4) is 45.3 Å². The lowest BCUT2D eigenvalue weighted by atomic mass is 9.87. The van der Waals surface area contributed by atoms with Crippen LogP contribution in [0, 0.1) is 0 Å². The van der Waals surface area contributed by atoms with Gasteiger partial charge in [-0.2, -0.15) is 0 Å². The fourth-order valence-corrected chi connectivity index (χ4v) is 8.24. The van der Waals surface area contributed by atoms with Crippen molar-refractivity contribution in [1.82, 2.24) is 15.0 Å². The summed E-state index contributed by atoms with van der Waals surface area (Å²) in [5, 5.41) is 4.88. The Balaban J connectivity index is 1.28. The lowest BCUT2D eigenvalue weighted by molar-refractivity contribution is 1.08. The van der Waals surface area contributed by atoms with Crippen LogP contribution < -0.4 is 4.90 Å². The molecule has 5 heteroatoms. The Bertz CT molecular complexity index is 2610. The molecule has 0 aliphatic carbocycles. The molecule has 1 aliphatic heterocycles. The highest BCUT2D eigenvalue weighted by Gasteiger charge is 2.30. The smallest absolute Gasteiger partial charge is 0.164 e. The zero-order valence-corrected chi connectivity index (χ0v) is 26.5. The highest BCUT2D eigenvalue weighted by Crippen LogP contribution is 2.56. The molecule has 4 nitrogen and oxygen atoms in total. The molecule has 1 aliphatic rings. The predicted octanol–water partition coefficient (Wildman–Crippen LogP) is 11.8. The monoisotopic (exact) mass is 630 g/mol. The third kappa shape index (κ3) is 4.11. The summed E-state index contributed by atoms with van der Waals surface area (Å²) in [6.07, 6.45) is 0. The molecule has 9 aromatic rings. The minimum absolute atomic E-state index is 0.655. The first-order valence-electron chi connectivity index (χ1n) is 16.0. The number of nitrogens with zero attached hydrogens (tertiary/aromatic N) is 4. The van der Waals surface area contributed by atoms with E-state index in [4.69, 9.17) is 15.0 Å². The molecule has 0 radical (unpaired) electrons. The van der Waals surface area contributed by atoms with Gasteiger partial charge in [0.25, 0.3) is 0 Å².